The number of hydrogen-bond acceptors (Lipinski definition) is 11. The lowest BCUT2D eigenvalue weighted by Crippen LogP contribution is -2.41. The zero-order valence-corrected chi connectivity index (χ0v) is 28.4. The highest BCUT2D eigenvalue weighted by Gasteiger charge is 2.20. The number of nitrogens with one attached hydrogen (secondary N) is 6. The lowest BCUT2D eigenvalue weighted by atomic mass is 10.0. The van der Waals surface area contributed by atoms with Crippen LogP contribution in [0.15, 0.2) is 33.2 Å². The van der Waals surface area contributed by atoms with Gasteiger partial charge in [0, 0.05) is 51.3 Å². The molecule has 48 heavy (non-hydrogen) atoms. The van der Waals surface area contributed by atoms with Crippen molar-refractivity contribution in [2.75, 3.05) is 46.4 Å². The second-order valence-electron chi connectivity index (χ2n) is 12.0. The van der Waals surface area contributed by atoms with Crippen molar-refractivity contribution in [3.8, 4) is 0 Å². The number of ether oxygens (including phenoxy) is 1. The number of amides is 2. The Labute approximate surface area is 284 Å². The fourth-order valence-corrected chi connectivity index (χ4v) is 5.44. The van der Waals surface area contributed by atoms with Crippen LogP contribution in [0.3, 0.4) is 0 Å². The molecule has 2 aliphatic heterocycles. The molecule has 2 amide bonds. The number of unbranched alkanes of at least 4 members (excludes halogenated alkanes) is 7. The molecule has 0 bridgehead atoms. The van der Waals surface area contributed by atoms with Gasteiger partial charge in [0.25, 0.3) is 5.91 Å². The number of esters is 1. The number of carbonyl (C=O) groups excluding carboxylic acids is 3. The summed E-state index contributed by atoms with van der Waals surface area (Å²) in [5.41, 5.74) is 13.3. The maximum absolute atomic E-state index is 13.1. The number of guanidine groups is 3. The van der Waals surface area contributed by atoms with Crippen LogP contribution in [0.4, 0.5) is 0 Å². The van der Waals surface area contributed by atoms with Crippen LogP contribution < -0.4 is 43.4 Å². The Kier molecular flexibility index (Phi) is 17.4. The van der Waals surface area contributed by atoms with Gasteiger partial charge in [-0.3, -0.25) is 24.6 Å². The predicted octanol–water partition coefficient (Wildman–Crippen LogP) is 0.736. The number of hydrogen-bond donors (Lipinski definition) is 8. The quantitative estimate of drug-likeness (QED) is 0.0374. The van der Waals surface area contributed by atoms with Crippen molar-refractivity contribution in [3.05, 3.63) is 34.9 Å². The normalized spacial score (nSPS) is 14.1. The lowest BCUT2D eigenvalue weighted by molar-refractivity contribution is -0.145. The average Bonchev–Trinajstić information content (AvgIpc) is 3.81. The summed E-state index contributed by atoms with van der Waals surface area (Å²) in [6.07, 6.45) is 9.41. The Morgan fingerprint density at radius 1 is 0.854 bits per heavy atom. The van der Waals surface area contributed by atoms with Gasteiger partial charge in [0.2, 0.25) is 5.91 Å². The minimum absolute atomic E-state index is 0.000379. The first-order valence-electron chi connectivity index (χ1n) is 17.2. The van der Waals surface area contributed by atoms with Crippen molar-refractivity contribution in [2.24, 2.45) is 26.4 Å². The van der Waals surface area contributed by atoms with Gasteiger partial charge in [-0.25, -0.2) is 4.79 Å². The van der Waals surface area contributed by atoms with Gasteiger partial charge < -0.3 is 48.1 Å². The van der Waals surface area contributed by atoms with Crippen LogP contribution in [0, 0.1) is 0 Å². The monoisotopic (exact) mass is 669 g/mol. The van der Waals surface area contributed by atoms with E-state index >= 15 is 0 Å². The Balaban J connectivity index is 1.27. The second-order valence-corrected chi connectivity index (χ2v) is 12.0. The minimum atomic E-state index is -0.696. The van der Waals surface area contributed by atoms with Crippen molar-refractivity contribution >= 4 is 35.7 Å². The largest absolute Gasteiger partial charge is 0.467 e. The van der Waals surface area contributed by atoms with E-state index in [-0.39, 0.29) is 17.8 Å². The van der Waals surface area contributed by atoms with Crippen molar-refractivity contribution in [3.63, 3.8) is 0 Å². The van der Waals surface area contributed by atoms with Crippen LogP contribution in [-0.2, 0) is 27.4 Å². The highest BCUT2D eigenvalue weighted by Crippen LogP contribution is 2.13. The SMILES string of the molecule is COC(=O)[C@H](CCCN=C(N)N)NC(=O)CCCCCCCCCCNC(=O)c1cc(CNC2=NCCN2)cc(CNC2=NCCN2)c1. The summed E-state index contributed by atoms with van der Waals surface area (Å²) in [6.45, 7) is 5.37. The smallest absolute Gasteiger partial charge is 0.328 e. The number of rotatable bonds is 22. The second kappa shape index (κ2) is 22.1. The third-order valence-corrected chi connectivity index (χ3v) is 7.97. The molecule has 0 radical (unpaired) electrons. The molecular formula is C33H55N11O4. The summed E-state index contributed by atoms with van der Waals surface area (Å²) in [4.78, 5) is 50.1. The van der Waals surface area contributed by atoms with E-state index < -0.39 is 12.0 Å². The molecule has 2 heterocycles. The molecule has 2 aliphatic rings. The fraction of sp³-hybridized carbons (Fsp3) is 0.636. The first-order chi connectivity index (χ1) is 23.3. The summed E-state index contributed by atoms with van der Waals surface area (Å²) in [5.74, 6) is 0.882. The van der Waals surface area contributed by atoms with E-state index in [2.05, 4.69) is 52.9 Å². The highest BCUT2D eigenvalue weighted by molar-refractivity contribution is 5.94. The number of benzene rings is 1. The van der Waals surface area contributed by atoms with E-state index in [0.29, 0.717) is 51.0 Å². The third-order valence-electron chi connectivity index (χ3n) is 7.97. The number of nitrogens with two attached hydrogens (primary N) is 2. The highest BCUT2D eigenvalue weighted by atomic mass is 16.5. The Bertz CT molecular complexity index is 1220. The molecule has 0 aliphatic carbocycles. The topological polar surface area (TPSA) is 222 Å². The maximum Gasteiger partial charge on any atom is 0.328 e. The van der Waals surface area contributed by atoms with Crippen LogP contribution in [0.25, 0.3) is 0 Å². The molecule has 0 saturated heterocycles. The van der Waals surface area contributed by atoms with Crippen LogP contribution in [-0.4, -0.2) is 88.1 Å². The van der Waals surface area contributed by atoms with E-state index in [0.717, 1.165) is 101 Å². The summed E-state index contributed by atoms with van der Waals surface area (Å²) >= 11 is 0. The molecule has 10 N–H and O–H groups in total. The number of aliphatic imine (C=N–C) groups is 3. The molecule has 15 heteroatoms. The van der Waals surface area contributed by atoms with Crippen molar-refractivity contribution in [1.29, 1.82) is 0 Å². The molecule has 1 aromatic rings. The zero-order chi connectivity index (χ0) is 34.4. The summed E-state index contributed by atoms with van der Waals surface area (Å²) in [7, 11) is 1.30. The van der Waals surface area contributed by atoms with E-state index in [1.165, 1.54) is 7.11 Å². The number of nitrogens with zero attached hydrogens (tertiary/aromatic N) is 3. The molecule has 0 spiro atoms. The van der Waals surface area contributed by atoms with E-state index in [1.807, 2.05) is 12.1 Å². The maximum atomic E-state index is 13.1. The van der Waals surface area contributed by atoms with Crippen LogP contribution >= 0.6 is 0 Å². The van der Waals surface area contributed by atoms with Crippen molar-refractivity contribution in [1.82, 2.24) is 31.9 Å². The molecule has 1 atom stereocenters. The van der Waals surface area contributed by atoms with Gasteiger partial charge in [0.05, 0.1) is 20.2 Å². The van der Waals surface area contributed by atoms with Gasteiger partial charge in [0.1, 0.15) is 6.04 Å². The molecule has 0 unspecified atom stereocenters. The van der Waals surface area contributed by atoms with Gasteiger partial charge in [-0.15, -0.1) is 0 Å². The van der Waals surface area contributed by atoms with E-state index in [4.69, 9.17) is 16.2 Å². The molecule has 0 aromatic heterocycles. The lowest BCUT2D eigenvalue weighted by Gasteiger charge is -2.16. The Morgan fingerprint density at radius 2 is 1.44 bits per heavy atom. The third kappa shape index (κ3) is 15.4. The van der Waals surface area contributed by atoms with Gasteiger partial charge in [0.15, 0.2) is 17.9 Å². The van der Waals surface area contributed by atoms with Crippen LogP contribution in [0.1, 0.15) is 92.1 Å². The first-order valence-corrected chi connectivity index (χ1v) is 17.2. The van der Waals surface area contributed by atoms with E-state index in [1.54, 1.807) is 0 Å². The van der Waals surface area contributed by atoms with Gasteiger partial charge in [-0.2, -0.15) is 0 Å². The predicted molar refractivity (Wildman–Crippen MR) is 188 cm³/mol. The van der Waals surface area contributed by atoms with Crippen molar-refractivity contribution < 1.29 is 19.1 Å². The molecular weight excluding hydrogens is 614 g/mol. The van der Waals surface area contributed by atoms with Gasteiger partial charge in [-0.1, -0.05) is 44.6 Å². The van der Waals surface area contributed by atoms with E-state index in [9.17, 15) is 14.4 Å². The molecule has 266 valence electrons. The van der Waals surface area contributed by atoms with Crippen LogP contribution in [0.5, 0.6) is 0 Å². The average molecular weight is 670 g/mol. The Morgan fingerprint density at radius 3 is 1.98 bits per heavy atom. The molecule has 0 saturated carbocycles. The molecule has 0 fully saturated rings. The zero-order valence-electron chi connectivity index (χ0n) is 28.4. The molecule has 15 nitrogen and oxygen atoms in total. The minimum Gasteiger partial charge on any atom is -0.467 e. The first kappa shape index (κ1) is 37.9. The summed E-state index contributed by atoms with van der Waals surface area (Å²) in [5, 5.41) is 18.9. The van der Waals surface area contributed by atoms with Crippen LogP contribution in [0.2, 0.25) is 0 Å². The number of methoxy groups -OCH3 is 1. The molecule has 1 aromatic carbocycles. The number of carbonyl (C=O) groups is 3. The van der Waals surface area contributed by atoms with Gasteiger partial charge >= 0.3 is 5.97 Å². The van der Waals surface area contributed by atoms with Gasteiger partial charge in [-0.05, 0) is 48.9 Å². The van der Waals surface area contributed by atoms with Crippen molar-refractivity contribution in [2.45, 2.75) is 89.8 Å². The fourth-order valence-electron chi connectivity index (χ4n) is 5.44. The Hall–Kier alpha value is -4.56. The summed E-state index contributed by atoms with van der Waals surface area (Å²) in [6, 6.07) is 5.27. The molecule has 3 rings (SSSR count). The standard InChI is InChI=1S/C33H55N11O4/c1-48-30(47)27(11-10-14-37-31(34)35)44-28(45)12-8-6-4-2-3-5-7-9-13-36-29(46)26-20-24(22-42-32-38-15-16-39-32)19-25(21-26)23-43-33-40-17-18-41-33/h19-21,27H,2-18,22-23H2,1H3,(H,36,46)(H,44,45)(H4,34,35,37)(H2,38,39,42)(H2,40,41,43)/t27-/m0/s1. The summed E-state index contributed by atoms with van der Waals surface area (Å²) < 4.78 is 4.81.